The van der Waals surface area contributed by atoms with Crippen LogP contribution < -0.4 is 11.1 Å². The molecule has 0 saturated carbocycles. The molecule has 3 heterocycles. The van der Waals surface area contributed by atoms with Crippen LogP contribution >= 0.6 is 11.8 Å². The molecule has 8 nitrogen and oxygen atoms in total. The molecule has 2 fully saturated rings. The molecule has 1 unspecified atom stereocenters. The van der Waals surface area contributed by atoms with E-state index in [4.69, 9.17) is 5.73 Å². The highest BCUT2D eigenvalue weighted by atomic mass is 32.2. The minimum atomic E-state index is -1.10. The van der Waals surface area contributed by atoms with Crippen molar-refractivity contribution in [3.63, 3.8) is 0 Å². The molecular weight excluding hydrogens is 346 g/mol. The summed E-state index contributed by atoms with van der Waals surface area (Å²) in [6.07, 6.45) is 0.435. The summed E-state index contributed by atoms with van der Waals surface area (Å²) in [7, 11) is 0. The molecule has 0 aromatic heterocycles. The predicted molar refractivity (Wildman–Crippen MR) is 92.5 cm³/mol. The highest BCUT2D eigenvalue weighted by Gasteiger charge is 2.57. The topological polar surface area (TPSA) is 136 Å². The van der Waals surface area contributed by atoms with Crippen LogP contribution in [0, 0.1) is 5.92 Å². The molecular formula is C16H25N3O5S. The van der Waals surface area contributed by atoms with Crippen molar-refractivity contribution in [2.75, 3.05) is 13.1 Å². The Balaban J connectivity index is 1.68. The van der Waals surface area contributed by atoms with Crippen LogP contribution in [0.1, 0.15) is 26.2 Å². The van der Waals surface area contributed by atoms with Gasteiger partial charge >= 0.3 is 5.97 Å². The number of carbonyl (C=O) groups excluding carboxylic acids is 1. The molecule has 3 rings (SSSR count). The van der Waals surface area contributed by atoms with Gasteiger partial charge in [-0.05, 0) is 26.3 Å². The Hall–Kier alpha value is -1.13. The molecule has 1 amide bonds. The third-order valence-electron chi connectivity index (χ3n) is 5.25. The normalized spacial score (nSPS) is 34.1. The van der Waals surface area contributed by atoms with Gasteiger partial charge in [-0.2, -0.15) is 0 Å². The maximum absolute atomic E-state index is 12.2. The Morgan fingerprint density at radius 1 is 1.48 bits per heavy atom. The maximum Gasteiger partial charge on any atom is 0.353 e. The molecule has 0 radical (unpaired) electrons. The van der Waals surface area contributed by atoms with Crippen LogP contribution in [0.5, 0.6) is 0 Å². The van der Waals surface area contributed by atoms with E-state index in [9.17, 15) is 24.9 Å². The van der Waals surface area contributed by atoms with Gasteiger partial charge in [-0.1, -0.05) is 0 Å². The van der Waals surface area contributed by atoms with Crippen molar-refractivity contribution < 1.29 is 24.9 Å². The van der Waals surface area contributed by atoms with Gasteiger partial charge in [0.25, 0.3) is 0 Å². The number of hydrogen-bond acceptors (Lipinski definition) is 7. The summed E-state index contributed by atoms with van der Waals surface area (Å²) >= 11 is 1.47. The number of nitrogens with one attached hydrogen (secondary N) is 1. The van der Waals surface area contributed by atoms with Crippen molar-refractivity contribution in [1.29, 1.82) is 0 Å². The summed E-state index contributed by atoms with van der Waals surface area (Å²) in [5.41, 5.74) is 5.54. The first-order valence-electron chi connectivity index (χ1n) is 8.60. The number of amides is 1. The summed E-state index contributed by atoms with van der Waals surface area (Å²) < 4.78 is 0. The number of hydrogen-bond donors (Lipinski definition) is 5. The number of carboxylic acids is 1. The summed E-state index contributed by atoms with van der Waals surface area (Å²) in [5.74, 6) is -1.94. The Labute approximate surface area is 150 Å². The standard InChI is InChI=1S/C16H25N3O5S/c1-7(20)13-10-5-12(14(16(23)24)19(10)15(13)22)25-8-4-9(18-6-8)11(21)2-3-17/h7-11,13,18,20-21H,2-6,17H2,1H3,(H,23,24)/t7-,8+,9+,10-,11?,13-/m1/s1. The number of β-lactam (4-membered cyclic amide) rings is 1. The molecule has 0 bridgehead atoms. The zero-order valence-corrected chi connectivity index (χ0v) is 14.9. The van der Waals surface area contributed by atoms with E-state index in [1.165, 1.54) is 16.7 Å². The number of nitrogens with two attached hydrogens (primary N) is 1. The molecule has 25 heavy (non-hydrogen) atoms. The third kappa shape index (κ3) is 3.31. The van der Waals surface area contributed by atoms with Crippen molar-refractivity contribution in [3.8, 4) is 0 Å². The summed E-state index contributed by atoms with van der Waals surface area (Å²) in [6, 6.07) is -0.297. The number of aliphatic hydroxyl groups excluding tert-OH is 2. The summed E-state index contributed by atoms with van der Waals surface area (Å²) in [6.45, 7) is 2.66. The lowest BCUT2D eigenvalue weighted by atomic mass is 9.83. The Kier molecular flexibility index (Phi) is 5.40. The molecule has 140 valence electrons. The number of nitrogens with zero attached hydrogens (tertiary/aromatic N) is 1. The lowest BCUT2D eigenvalue weighted by Crippen LogP contribution is -2.61. The number of fused-ring (bicyclic) bond motifs is 1. The van der Waals surface area contributed by atoms with E-state index in [2.05, 4.69) is 5.32 Å². The van der Waals surface area contributed by atoms with E-state index in [1.807, 2.05) is 0 Å². The minimum Gasteiger partial charge on any atom is -0.477 e. The molecule has 0 aromatic rings. The zero-order valence-electron chi connectivity index (χ0n) is 14.1. The quantitative estimate of drug-likeness (QED) is 0.362. The fourth-order valence-electron chi connectivity index (χ4n) is 4.03. The second-order valence-electron chi connectivity index (χ2n) is 6.96. The SMILES string of the molecule is C[C@@H](O)[C@H]1C(=O)N2C(C(=O)O)=C(S[C@@H]3CN[C@H](C(O)CCN)C3)C[C@H]12. The van der Waals surface area contributed by atoms with E-state index < -0.39 is 24.1 Å². The van der Waals surface area contributed by atoms with E-state index in [1.54, 1.807) is 6.92 Å². The van der Waals surface area contributed by atoms with Gasteiger partial charge in [0.2, 0.25) is 5.91 Å². The lowest BCUT2D eigenvalue weighted by molar-refractivity contribution is -0.161. The average molecular weight is 371 g/mol. The number of thioether (sulfide) groups is 1. The second kappa shape index (κ2) is 7.24. The predicted octanol–water partition coefficient (Wildman–Crippen LogP) is -0.932. The van der Waals surface area contributed by atoms with Gasteiger partial charge in [-0.15, -0.1) is 11.8 Å². The molecule has 0 aliphatic carbocycles. The molecule has 9 heteroatoms. The van der Waals surface area contributed by atoms with Gasteiger partial charge in [-0.3, -0.25) is 4.79 Å². The summed E-state index contributed by atoms with van der Waals surface area (Å²) in [5, 5.41) is 32.8. The first-order chi connectivity index (χ1) is 11.8. The molecule has 6 atom stereocenters. The highest BCUT2D eigenvalue weighted by molar-refractivity contribution is 8.03. The highest BCUT2D eigenvalue weighted by Crippen LogP contribution is 2.48. The smallest absolute Gasteiger partial charge is 0.353 e. The monoisotopic (exact) mass is 371 g/mol. The molecule has 3 aliphatic rings. The van der Waals surface area contributed by atoms with Crippen LogP contribution in [0.2, 0.25) is 0 Å². The fourth-order valence-corrected chi connectivity index (χ4v) is 5.47. The van der Waals surface area contributed by atoms with Crippen molar-refractivity contribution in [2.24, 2.45) is 11.7 Å². The Bertz CT molecular complexity index is 596. The van der Waals surface area contributed by atoms with Gasteiger partial charge in [0.15, 0.2) is 0 Å². The molecule has 6 N–H and O–H groups in total. The fraction of sp³-hybridized carbons (Fsp3) is 0.750. The minimum absolute atomic E-state index is 0.0415. The second-order valence-corrected chi connectivity index (χ2v) is 8.35. The lowest BCUT2D eigenvalue weighted by Gasteiger charge is -2.44. The van der Waals surface area contributed by atoms with Gasteiger partial charge in [0, 0.05) is 29.2 Å². The first-order valence-corrected chi connectivity index (χ1v) is 9.48. The van der Waals surface area contributed by atoms with Gasteiger partial charge < -0.3 is 31.3 Å². The van der Waals surface area contributed by atoms with Gasteiger partial charge in [0.05, 0.1) is 24.2 Å². The largest absolute Gasteiger partial charge is 0.477 e. The third-order valence-corrected chi connectivity index (χ3v) is 6.59. The van der Waals surface area contributed by atoms with Crippen molar-refractivity contribution in [2.45, 2.75) is 55.7 Å². The number of rotatable bonds is 7. The van der Waals surface area contributed by atoms with E-state index in [-0.39, 0.29) is 28.9 Å². The van der Waals surface area contributed by atoms with E-state index in [0.717, 1.165) is 6.42 Å². The number of aliphatic hydroxyl groups is 2. The van der Waals surface area contributed by atoms with E-state index in [0.29, 0.717) is 30.8 Å². The van der Waals surface area contributed by atoms with Crippen molar-refractivity contribution in [1.82, 2.24) is 10.2 Å². The Morgan fingerprint density at radius 3 is 2.80 bits per heavy atom. The average Bonchev–Trinajstić information content (AvgIpc) is 3.10. The number of aliphatic carboxylic acids is 1. The van der Waals surface area contributed by atoms with Crippen LogP contribution in [0.4, 0.5) is 0 Å². The molecule has 0 spiro atoms. The summed E-state index contributed by atoms with van der Waals surface area (Å²) in [4.78, 5) is 25.9. The molecule has 2 saturated heterocycles. The Morgan fingerprint density at radius 2 is 2.20 bits per heavy atom. The van der Waals surface area contributed by atoms with Crippen LogP contribution in [0.25, 0.3) is 0 Å². The molecule has 0 aromatic carbocycles. The maximum atomic E-state index is 12.2. The van der Waals surface area contributed by atoms with Crippen LogP contribution in [0.3, 0.4) is 0 Å². The van der Waals surface area contributed by atoms with Gasteiger partial charge in [-0.25, -0.2) is 4.79 Å². The van der Waals surface area contributed by atoms with Crippen LogP contribution in [0.15, 0.2) is 10.6 Å². The van der Waals surface area contributed by atoms with Crippen LogP contribution in [-0.4, -0.2) is 74.7 Å². The zero-order chi connectivity index (χ0) is 18.3. The first kappa shape index (κ1) is 18.7. The number of carboxylic acid groups (broad SMARTS) is 1. The van der Waals surface area contributed by atoms with Crippen molar-refractivity contribution in [3.05, 3.63) is 10.6 Å². The van der Waals surface area contributed by atoms with Crippen LogP contribution in [-0.2, 0) is 9.59 Å². The van der Waals surface area contributed by atoms with Gasteiger partial charge in [0.1, 0.15) is 5.70 Å². The van der Waals surface area contributed by atoms with E-state index >= 15 is 0 Å². The van der Waals surface area contributed by atoms with Crippen molar-refractivity contribution >= 4 is 23.6 Å². The molecule has 3 aliphatic heterocycles. The number of carbonyl (C=O) groups is 2.